The zero-order chi connectivity index (χ0) is 24.5. The number of ether oxygens (including phenoxy) is 1. The second-order valence-corrected chi connectivity index (χ2v) is 10.4. The molecule has 0 bridgehead atoms. The van der Waals surface area contributed by atoms with Crippen molar-refractivity contribution < 1.29 is 22.7 Å². The maximum Gasteiger partial charge on any atom is 0.417 e. The zero-order valence-corrected chi connectivity index (χ0v) is 19.8. The van der Waals surface area contributed by atoms with Crippen molar-refractivity contribution in [2.45, 2.75) is 51.7 Å². The van der Waals surface area contributed by atoms with E-state index in [1.165, 1.54) is 18.9 Å². The molecule has 2 aliphatic heterocycles. The molecular formula is C25H33F3N4O2. The summed E-state index contributed by atoms with van der Waals surface area (Å²) < 4.78 is 46.3. The molecule has 1 N–H and O–H groups in total. The normalized spacial score (nSPS) is 22.3. The Kier molecular flexibility index (Phi) is 6.99. The highest BCUT2D eigenvalue weighted by molar-refractivity contribution is 5.75. The number of carbonyl (C=O) groups excluding carboxylic acids is 1. The Bertz CT molecular complexity index is 931. The molecule has 0 aromatic heterocycles. The highest BCUT2D eigenvalue weighted by Crippen LogP contribution is 2.46. The average Bonchev–Trinajstić information content (AvgIpc) is 3.54. The number of amides is 2. The van der Waals surface area contributed by atoms with Gasteiger partial charge in [0.05, 0.1) is 23.8 Å². The summed E-state index contributed by atoms with van der Waals surface area (Å²) in [5.41, 5.74) is -0.875. The molecule has 34 heavy (non-hydrogen) atoms. The van der Waals surface area contributed by atoms with E-state index in [-0.39, 0.29) is 29.0 Å². The largest absolute Gasteiger partial charge is 0.417 e. The molecule has 2 amide bonds. The first-order valence-electron chi connectivity index (χ1n) is 12.1. The van der Waals surface area contributed by atoms with Crippen LogP contribution in [0.2, 0.25) is 0 Å². The number of likely N-dealkylation sites (tertiary alicyclic amines) is 1. The van der Waals surface area contributed by atoms with E-state index in [2.05, 4.69) is 5.32 Å². The van der Waals surface area contributed by atoms with Gasteiger partial charge in [-0.05, 0) is 69.1 Å². The minimum atomic E-state index is -4.57. The summed E-state index contributed by atoms with van der Waals surface area (Å²) >= 11 is 0. The van der Waals surface area contributed by atoms with E-state index in [9.17, 15) is 18.0 Å². The zero-order valence-electron chi connectivity index (χ0n) is 19.8. The van der Waals surface area contributed by atoms with Crippen LogP contribution in [0.3, 0.4) is 0 Å². The van der Waals surface area contributed by atoms with Crippen LogP contribution in [0, 0.1) is 28.6 Å². The molecule has 6 nitrogen and oxygen atoms in total. The average molecular weight is 479 g/mol. The number of nitriles is 1. The number of hydrogen-bond acceptors (Lipinski definition) is 4. The molecule has 1 unspecified atom stereocenters. The van der Waals surface area contributed by atoms with Crippen LogP contribution in [-0.2, 0) is 10.9 Å². The van der Waals surface area contributed by atoms with Crippen molar-refractivity contribution in [2.24, 2.45) is 17.3 Å². The molecule has 3 fully saturated rings. The van der Waals surface area contributed by atoms with Gasteiger partial charge < -0.3 is 19.9 Å². The van der Waals surface area contributed by atoms with E-state index in [0.717, 1.165) is 25.5 Å². The van der Waals surface area contributed by atoms with E-state index in [4.69, 9.17) is 10.00 Å². The topological polar surface area (TPSA) is 68.6 Å². The third-order valence-electron chi connectivity index (χ3n) is 7.43. The van der Waals surface area contributed by atoms with Gasteiger partial charge in [-0.3, -0.25) is 0 Å². The maximum atomic E-state index is 13.4. The molecule has 186 valence electrons. The SMILES string of the molecule is CC(C)NC(=O)N1CC(COCC2CC2)C2(CCN(c3ccc(C#N)c(C(F)(F)F)c3)CC2)C1. The highest BCUT2D eigenvalue weighted by Gasteiger charge is 2.49. The van der Waals surface area contributed by atoms with Crippen molar-refractivity contribution in [3.8, 4) is 6.07 Å². The minimum absolute atomic E-state index is 0.0506. The summed E-state index contributed by atoms with van der Waals surface area (Å²) in [4.78, 5) is 16.6. The number of hydrogen-bond donors (Lipinski definition) is 1. The van der Waals surface area contributed by atoms with Gasteiger partial charge in [0.25, 0.3) is 0 Å². The van der Waals surface area contributed by atoms with E-state index < -0.39 is 11.7 Å². The van der Waals surface area contributed by atoms with Gasteiger partial charge in [0.15, 0.2) is 0 Å². The number of benzene rings is 1. The number of urea groups is 1. The number of rotatable bonds is 6. The number of piperidine rings is 1. The lowest BCUT2D eigenvalue weighted by Crippen LogP contribution is -2.46. The number of carbonyl (C=O) groups is 1. The molecule has 3 aliphatic rings. The van der Waals surface area contributed by atoms with Crippen molar-refractivity contribution in [2.75, 3.05) is 44.3 Å². The van der Waals surface area contributed by atoms with Gasteiger partial charge in [0, 0.05) is 50.4 Å². The third-order valence-corrected chi connectivity index (χ3v) is 7.43. The Labute approximate surface area is 199 Å². The fourth-order valence-corrected chi connectivity index (χ4v) is 5.25. The van der Waals surface area contributed by atoms with Crippen molar-refractivity contribution in [3.05, 3.63) is 29.3 Å². The molecule has 2 heterocycles. The van der Waals surface area contributed by atoms with Crippen LogP contribution in [0.15, 0.2) is 18.2 Å². The number of nitrogens with one attached hydrogen (secondary N) is 1. The lowest BCUT2D eigenvalue weighted by molar-refractivity contribution is -0.137. The Morgan fingerprint density at radius 2 is 1.97 bits per heavy atom. The maximum absolute atomic E-state index is 13.4. The molecule has 4 rings (SSSR count). The first kappa shape index (κ1) is 24.6. The van der Waals surface area contributed by atoms with E-state index in [1.807, 2.05) is 23.6 Å². The smallest absolute Gasteiger partial charge is 0.381 e. The van der Waals surface area contributed by atoms with Gasteiger partial charge in [0.2, 0.25) is 0 Å². The minimum Gasteiger partial charge on any atom is -0.381 e. The molecule has 1 aromatic carbocycles. The number of nitrogens with zero attached hydrogens (tertiary/aromatic N) is 3. The number of halogens is 3. The summed E-state index contributed by atoms with van der Waals surface area (Å²) in [6, 6.07) is 5.56. The standard InChI is InChI=1S/C25H33F3N4O2/c1-17(2)30-23(33)32-13-20(15-34-14-18-3-4-18)24(16-32)7-9-31(10-8-24)21-6-5-19(12-29)22(11-21)25(26,27)28/h5-6,11,17-18,20H,3-4,7-10,13-16H2,1-2H3,(H,30,33). The molecule has 9 heteroatoms. The van der Waals surface area contributed by atoms with Gasteiger partial charge in [-0.2, -0.15) is 18.4 Å². The highest BCUT2D eigenvalue weighted by atomic mass is 19.4. The summed E-state index contributed by atoms with van der Waals surface area (Å²) in [5.74, 6) is 0.872. The molecule has 0 radical (unpaired) electrons. The Balaban J connectivity index is 1.47. The van der Waals surface area contributed by atoms with Crippen LogP contribution >= 0.6 is 0 Å². The quantitative estimate of drug-likeness (QED) is 0.647. The second kappa shape index (κ2) is 9.65. The summed E-state index contributed by atoms with van der Waals surface area (Å²) in [5, 5.41) is 12.1. The Hall–Kier alpha value is -2.47. The van der Waals surface area contributed by atoms with E-state index >= 15 is 0 Å². The summed E-state index contributed by atoms with van der Waals surface area (Å²) in [6.07, 6.45) is -0.581. The van der Waals surface area contributed by atoms with E-state index in [1.54, 1.807) is 12.1 Å². The fraction of sp³-hybridized carbons (Fsp3) is 0.680. The van der Waals surface area contributed by atoms with Crippen molar-refractivity contribution >= 4 is 11.7 Å². The van der Waals surface area contributed by atoms with Gasteiger partial charge in [-0.15, -0.1) is 0 Å². The van der Waals surface area contributed by atoms with Crippen LogP contribution in [0.25, 0.3) is 0 Å². The molecule has 1 atom stereocenters. The lowest BCUT2D eigenvalue weighted by atomic mass is 9.71. The van der Waals surface area contributed by atoms with Crippen molar-refractivity contribution in [1.29, 1.82) is 5.26 Å². The molecule has 1 aromatic rings. The Morgan fingerprint density at radius 1 is 1.26 bits per heavy atom. The Morgan fingerprint density at radius 3 is 2.56 bits per heavy atom. The van der Waals surface area contributed by atoms with Gasteiger partial charge in [0.1, 0.15) is 0 Å². The molecule has 1 spiro atoms. The number of alkyl halides is 3. The molecule has 1 saturated carbocycles. The summed E-state index contributed by atoms with van der Waals surface area (Å²) in [6.45, 7) is 7.72. The van der Waals surface area contributed by atoms with E-state index in [0.29, 0.717) is 44.4 Å². The first-order valence-corrected chi connectivity index (χ1v) is 12.1. The van der Waals surface area contributed by atoms with Crippen LogP contribution in [0.1, 0.15) is 50.7 Å². The van der Waals surface area contributed by atoms with Crippen LogP contribution < -0.4 is 10.2 Å². The van der Waals surface area contributed by atoms with Crippen LogP contribution in [0.5, 0.6) is 0 Å². The molecule has 2 saturated heterocycles. The first-order chi connectivity index (χ1) is 16.1. The fourth-order valence-electron chi connectivity index (χ4n) is 5.25. The van der Waals surface area contributed by atoms with Gasteiger partial charge in [-0.25, -0.2) is 4.79 Å². The van der Waals surface area contributed by atoms with Crippen LogP contribution in [0.4, 0.5) is 23.7 Å². The predicted octanol–water partition coefficient (Wildman–Crippen LogP) is 4.64. The lowest BCUT2D eigenvalue weighted by Gasteiger charge is -2.43. The van der Waals surface area contributed by atoms with Crippen molar-refractivity contribution in [1.82, 2.24) is 10.2 Å². The molecule has 1 aliphatic carbocycles. The monoisotopic (exact) mass is 478 g/mol. The molecular weight excluding hydrogens is 445 g/mol. The van der Waals surface area contributed by atoms with Gasteiger partial charge >= 0.3 is 12.2 Å². The van der Waals surface area contributed by atoms with Crippen molar-refractivity contribution in [3.63, 3.8) is 0 Å². The predicted molar refractivity (Wildman–Crippen MR) is 122 cm³/mol. The third kappa shape index (κ3) is 5.43. The second-order valence-electron chi connectivity index (χ2n) is 10.4. The number of anilines is 1. The summed E-state index contributed by atoms with van der Waals surface area (Å²) in [7, 11) is 0. The van der Waals surface area contributed by atoms with Gasteiger partial charge in [-0.1, -0.05) is 0 Å². The van der Waals surface area contributed by atoms with Crippen LogP contribution in [-0.4, -0.2) is 56.4 Å².